The molecule has 3 N–H and O–H groups in total. The van der Waals surface area contributed by atoms with Gasteiger partial charge in [0.1, 0.15) is 16.7 Å². The van der Waals surface area contributed by atoms with Gasteiger partial charge in [-0.2, -0.15) is 5.10 Å². The normalized spacial score (nSPS) is 15.2. The van der Waals surface area contributed by atoms with Gasteiger partial charge in [-0.05, 0) is 13.1 Å². The molecular formula is C27H28N4O6. The molecule has 4 aromatic rings. The van der Waals surface area contributed by atoms with Gasteiger partial charge >= 0.3 is 0 Å². The fourth-order valence-corrected chi connectivity index (χ4v) is 4.88. The Morgan fingerprint density at radius 2 is 1.70 bits per heavy atom. The van der Waals surface area contributed by atoms with Gasteiger partial charge in [0.05, 0.1) is 5.56 Å². The fraction of sp³-hybridized carbons (Fsp3) is 0.296. The second-order valence-corrected chi connectivity index (χ2v) is 9.32. The van der Waals surface area contributed by atoms with Gasteiger partial charge in [-0.3, -0.25) is 14.3 Å². The predicted molar refractivity (Wildman–Crippen MR) is 137 cm³/mol. The smallest absolute Gasteiger partial charge is 0.223 e. The quantitative estimate of drug-likeness (QED) is 0.354. The first-order valence-electron chi connectivity index (χ1n) is 12.0. The summed E-state index contributed by atoms with van der Waals surface area (Å²) in [4.78, 5) is 30.5. The number of hydrogen-bond acceptors (Lipinski definition) is 8. The van der Waals surface area contributed by atoms with Gasteiger partial charge < -0.3 is 29.5 Å². The summed E-state index contributed by atoms with van der Waals surface area (Å²) < 4.78 is 7.71. The first-order chi connectivity index (χ1) is 17.8. The van der Waals surface area contributed by atoms with Crippen molar-refractivity contribution in [1.82, 2.24) is 19.6 Å². The molecule has 1 amide bonds. The molecule has 2 aromatic heterocycles. The molecule has 1 aliphatic rings. The lowest BCUT2D eigenvalue weighted by Crippen LogP contribution is -2.47. The molecule has 0 bridgehead atoms. The number of nitrogens with zero attached hydrogens (tertiary/aromatic N) is 4. The van der Waals surface area contributed by atoms with Crippen LogP contribution in [0.2, 0.25) is 0 Å². The molecule has 5 rings (SSSR count). The lowest BCUT2D eigenvalue weighted by Gasteiger charge is -2.33. The van der Waals surface area contributed by atoms with E-state index in [9.17, 15) is 24.9 Å². The number of benzene rings is 2. The van der Waals surface area contributed by atoms with Gasteiger partial charge in [0.25, 0.3) is 0 Å². The molecule has 1 fully saturated rings. The van der Waals surface area contributed by atoms with E-state index in [0.29, 0.717) is 24.3 Å². The average molecular weight is 505 g/mol. The highest BCUT2D eigenvalue weighted by molar-refractivity contribution is 5.94. The molecule has 1 atom stereocenters. The number of amides is 1. The Labute approximate surface area is 212 Å². The molecule has 0 aliphatic carbocycles. The number of carbonyl (C=O) groups is 1. The van der Waals surface area contributed by atoms with Gasteiger partial charge in [-0.1, -0.05) is 30.3 Å². The minimum Gasteiger partial charge on any atom is -0.504 e. The summed E-state index contributed by atoms with van der Waals surface area (Å²) in [6.07, 6.45) is 1.49. The fourth-order valence-electron chi connectivity index (χ4n) is 4.88. The third kappa shape index (κ3) is 4.40. The van der Waals surface area contributed by atoms with Crippen LogP contribution in [0.25, 0.3) is 22.3 Å². The van der Waals surface area contributed by atoms with Crippen molar-refractivity contribution < 1.29 is 24.5 Å². The van der Waals surface area contributed by atoms with E-state index in [-0.39, 0.29) is 34.6 Å². The van der Waals surface area contributed by atoms with E-state index in [4.69, 9.17) is 4.42 Å². The van der Waals surface area contributed by atoms with E-state index >= 15 is 0 Å². The van der Waals surface area contributed by atoms with Gasteiger partial charge in [0.2, 0.25) is 11.7 Å². The minimum absolute atomic E-state index is 0.0336. The van der Waals surface area contributed by atoms with Crippen molar-refractivity contribution in [2.75, 3.05) is 33.2 Å². The summed E-state index contributed by atoms with van der Waals surface area (Å²) in [6.45, 7) is 2.61. The topological polar surface area (TPSA) is 132 Å². The Morgan fingerprint density at radius 1 is 1.00 bits per heavy atom. The first-order valence-corrected chi connectivity index (χ1v) is 12.0. The highest BCUT2D eigenvalue weighted by Gasteiger charge is 2.33. The van der Waals surface area contributed by atoms with Gasteiger partial charge in [-0.25, -0.2) is 0 Å². The number of carbonyl (C=O) groups excluding carboxylic acids is 1. The van der Waals surface area contributed by atoms with Crippen LogP contribution in [0.1, 0.15) is 23.6 Å². The highest BCUT2D eigenvalue weighted by Crippen LogP contribution is 2.49. The largest absolute Gasteiger partial charge is 0.504 e. The van der Waals surface area contributed by atoms with Crippen molar-refractivity contribution in [3.05, 3.63) is 70.1 Å². The van der Waals surface area contributed by atoms with Crippen molar-refractivity contribution in [2.45, 2.75) is 12.3 Å². The van der Waals surface area contributed by atoms with Crippen LogP contribution in [-0.2, 0) is 11.8 Å². The Balaban J connectivity index is 1.72. The van der Waals surface area contributed by atoms with Gasteiger partial charge in [0, 0.05) is 69.1 Å². The lowest BCUT2D eigenvalue weighted by atomic mass is 9.88. The Bertz CT molecular complexity index is 1520. The molecule has 0 radical (unpaired) electrons. The summed E-state index contributed by atoms with van der Waals surface area (Å²) in [5, 5.41) is 36.3. The molecule has 0 unspecified atom stereocenters. The summed E-state index contributed by atoms with van der Waals surface area (Å²) in [6, 6.07) is 11.9. The van der Waals surface area contributed by atoms with E-state index in [0.717, 1.165) is 13.1 Å². The maximum absolute atomic E-state index is 13.4. The second kappa shape index (κ2) is 9.62. The number of phenolic OH excluding ortho intramolecular Hbond substituents is 3. The highest BCUT2D eigenvalue weighted by atomic mass is 16.3. The second-order valence-electron chi connectivity index (χ2n) is 9.32. The zero-order chi connectivity index (χ0) is 26.3. The predicted octanol–water partition coefficient (Wildman–Crippen LogP) is 2.61. The molecule has 0 saturated carbocycles. The van der Waals surface area contributed by atoms with E-state index in [1.807, 2.05) is 13.1 Å². The molecule has 192 valence electrons. The van der Waals surface area contributed by atoms with Gasteiger partial charge in [-0.15, -0.1) is 0 Å². The average Bonchev–Trinajstić information content (AvgIpc) is 3.32. The van der Waals surface area contributed by atoms with Crippen molar-refractivity contribution in [1.29, 1.82) is 0 Å². The maximum Gasteiger partial charge on any atom is 0.223 e. The third-order valence-corrected chi connectivity index (χ3v) is 6.99. The number of rotatable bonds is 5. The Morgan fingerprint density at radius 3 is 2.35 bits per heavy atom. The number of piperazine rings is 1. The minimum atomic E-state index is -0.846. The van der Waals surface area contributed by atoms with Crippen LogP contribution in [0, 0.1) is 0 Å². The van der Waals surface area contributed by atoms with Crippen LogP contribution in [0.15, 0.2) is 57.9 Å². The standard InChI is InChI=1S/C27H28N4O6/c1-29-10-12-31(13-11-29)21(33)14-17(18-8-9-28-30(18)2)22-24(34)26(36)25(35)23-19(32)15-20(37-27(22)23)16-6-4-3-5-7-16/h3-9,15,17,34-36H,10-14H2,1-2H3/t17-/m0/s1. The van der Waals surface area contributed by atoms with Crippen molar-refractivity contribution in [3.63, 3.8) is 0 Å². The van der Waals surface area contributed by atoms with Crippen molar-refractivity contribution in [2.24, 2.45) is 7.05 Å². The van der Waals surface area contributed by atoms with E-state index < -0.39 is 28.6 Å². The third-order valence-electron chi connectivity index (χ3n) is 6.99. The maximum atomic E-state index is 13.4. The van der Waals surface area contributed by atoms with E-state index in [2.05, 4.69) is 10.00 Å². The molecule has 1 saturated heterocycles. The van der Waals surface area contributed by atoms with Crippen LogP contribution in [0.5, 0.6) is 17.2 Å². The van der Waals surface area contributed by atoms with Crippen LogP contribution in [-0.4, -0.2) is 74.0 Å². The zero-order valence-electron chi connectivity index (χ0n) is 20.6. The zero-order valence-corrected chi connectivity index (χ0v) is 20.6. The molecule has 10 nitrogen and oxygen atoms in total. The monoisotopic (exact) mass is 504 g/mol. The van der Waals surface area contributed by atoms with E-state index in [1.54, 1.807) is 53.2 Å². The number of aryl methyl sites for hydroxylation is 1. The SMILES string of the molecule is CN1CCN(C(=O)C[C@H](c2c(O)c(O)c(O)c3c(=O)cc(-c4ccccc4)oc23)c2ccnn2C)CC1. The van der Waals surface area contributed by atoms with Crippen LogP contribution < -0.4 is 5.43 Å². The number of fused-ring (bicyclic) bond motifs is 1. The number of likely N-dealkylation sites (N-methyl/N-ethyl adjacent to an activating group) is 1. The number of aromatic nitrogens is 2. The van der Waals surface area contributed by atoms with E-state index in [1.165, 1.54) is 6.07 Å². The molecule has 2 aromatic carbocycles. The Kier molecular flexibility index (Phi) is 6.34. The number of hydrogen-bond donors (Lipinski definition) is 3. The van der Waals surface area contributed by atoms with Gasteiger partial charge in [0.15, 0.2) is 16.9 Å². The van der Waals surface area contributed by atoms with Crippen LogP contribution in [0.3, 0.4) is 0 Å². The molecule has 3 heterocycles. The van der Waals surface area contributed by atoms with Crippen molar-refractivity contribution >= 4 is 16.9 Å². The van der Waals surface area contributed by atoms with Crippen molar-refractivity contribution in [3.8, 4) is 28.6 Å². The lowest BCUT2D eigenvalue weighted by molar-refractivity contribution is -0.133. The molecule has 37 heavy (non-hydrogen) atoms. The number of aromatic hydroxyl groups is 3. The summed E-state index contributed by atoms with van der Waals surface area (Å²) >= 11 is 0. The first kappa shape index (κ1) is 24.4. The molecular weight excluding hydrogens is 476 g/mol. The summed E-state index contributed by atoms with van der Waals surface area (Å²) in [5.74, 6) is -3.04. The number of phenols is 3. The molecule has 0 spiro atoms. The molecule has 1 aliphatic heterocycles. The van der Waals surface area contributed by atoms with Crippen LogP contribution >= 0.6 is 0 Å². The Hall–Kier alpha value is -4.31. The van der Waals surface area contributed by atoms with Crippen LogP contribution in [0.4, 0.5) is 0 Å². The summed E-state index contributed by atoms with van der Waals surface area (Å²) in [5.41, 5.74) is 0.521. The molecule has 10 heteroatoms. The summed E-state index contributed by atoms with van der Waals surface area (Å²) in [7, 11) is 3.70.